The molecule has 0 bridgehead atoms. The molecule has 3 N–H and O–H groups in total. The number of aryl methyl sites for hydroxylation is 1. The minimum Gasteiger partial charge on any atom is -0.486 e. The molecule has 3 rings (SSSR count). The second kappa shape index (κ2) is 8.09. The summed E-state index contributed by atoms with van der Waals surface area (Å²) in [6.07, 6.45) is 0.861. The summed E-state index contributed by atoms with van der Waals surface area (Å²) in [6.45, 7) is 2.11. The lowest BCUT2D eigenvalue weighted by molar-refractivity contribution is -0.384. The number of nitrogens with one attached hydrogen (secondary N) is 1. The number of non-ortho nitro benzene ring substituents is 1. The van der Waals surface area contributed by atoms with Crippen LogP contribution in [0.2, 0.25) is 0 Å². The van der Waals surface area contributed by atoms with Gasteiger partial charge in [-0.3, -0.25) is 10.1 Å². The zero-order valence-corrected chi connectivity index (χ0v) is 14.6. The fraction of sp³-hybridized carbons (Fsp3) is 0.167. The fourth-order valence-electron chi connectivity index (χ4n) is 2.44. The molecule has 3 aromatic rings. The highest BCUT2D eigenvalue weighted by Gasteiger charge is 2.09. The van der Waals surface area contributed by atoms with Crippen molar-refractivity contribution in [3.05, 3.63) is 70.0 Å². The van der Waals surface area contributed by atoms with E-state index < -0.39 is 4.92 Å². The van der Waals surface area contributed by atoms with Gasteiger partial charge in [0, 0.05) is 17.8 Å². The van der Waals surface area contributed by atoms with E-state index in [9.17, 15) is 10.1 Å². The highest BCUT2D eigenvalue weighted by molar-refractivity contribution is 5.58. The molecular weight excluding hydrogens is 348 g/mol. The van der Waals surface area contributed by atoms with Gasteiger partial charge in [0.1, 0.15) is 12.4 Å². The Kier molecular flexibility index (Phi) is 5.41. The van der Waals surface area contributed by atoms with E-state index in [1.54, 1.807) is 0 Å². The summed E-state index contributed by atoms with van der Waals surface area (Å²) in [5, 5.41) is 13.8. The number of rotatable bonds is 7. The third kappa shape index (κ3) is 4.66. The van der Waals surface area contributed by atoms with Crippen LogP contribution in [-0.2, 0) is 13.0 Å². The van der Waals surface area contributed by atoms with Gasteiger partial charge in [0.05, 0.1) is 4.92 Å². The molecule has 0 atom stereocenters. The van der Waals surface area contributed by atoms with E-state index in [4.69, 9.17) is 10.5 Å². The van der Waals surface area contributed by atoms with Crippen molar-refractivity contribution < 1.29 is 9.66 Å². The van der Waals surface area contributed by atoms with Crippen LogP contribution in [0.4, 0.5) is 23.3 Å². The number of hydrogen-bond donors (Lipinski definition) is 2. The average Bonchev–Trinajstić information content (AvgIpc) is 2.67. The lowest BCUT2D eigenvalue weighted by atomic mass is 10.1. The fourth-order valence-corrected chi connectivity index (χ4v) is 2.44. The summed E-state index contributed by atoms with van der Waals surface area (Å²) >= 11 is 0. The Hall–Kier alpha value is -3.75. The van der Waals surface area contributed by atoms with Crippen LogP contribution < -0.4 is 15.8 Å². The number of anilines is 3. The van der Waals surface area contributed by atoms with E-state index in [1.165, 1.54) is 24.3 Å². The van der Waals surface area contributed by atoms with Crippen molar-refractivity contribution in [1.29, 1.82) is 0 Å². The molecule has 0 unspecified atom stereocenters. The second-order valence-corrected chi connectivity index (χ2v) is 5.61. The Bertz CT molecular complexity index is 946. The van der Waals surface area contributed by atoms with E-state index in [0.29, 0.717) is 17.5 Å². The highest BCUT2D eigenvalue weighted by Crippen LogP contribution is 2.20. The molecule has 0 amide bonds. The number of benzene rings is 2. The van der Waals surface area contributed by atoms with Gasteiger partial charge in [0.25, 0.3) is 5.69 Å². The van der Waals surface area contributed by atoms with Crippen molar-refractivity contribution in [3.8, 4) is 5.75 Å². The first-order valence-corrected chi connectivity index (χ1v) is 8.27. The molecule has 0 fully saturated rings. The predicted octanol–water partition coefficient (Wildman–Crippen LogP) is 3.25. The number of hydrogen-bond acceptors (Lipinski definition) is 8. The third-order valence-electron chi connectivity index (χ3n) is 3.76. The molecule has 0 saturated heterocycles. The van der Waals surface area contributed by atoms with Crippen LogP contribution in [0, 0.1) is 10.1 Å². The molecule has 0 spiro atoms. The SMILES string of the molecule is CCc1ccccc1Nc1nc(N)nc(COc2ccc([N+](=O)[O-])cc2)n1. The Morgan fingerprint density at radius 3 is 2.56 bits per heavy atom. The van der Waals surface area contributed by atoms with E-state index in [2.05, 4.69) is 27.2 Å². The summed E-state index contributed by atoms with van der Waals surface area (Å²) in [5.41, 5.74) is 7.79. The Morgan fingerprint density at radius 1 is 1.11 bits per heavy atom. The van der Waals surface area contributed by atoms with Crippen LogP contribution in [0.25, 0.3) is 0 Å². The van der Waals surface area contributed by atoms with Crippen LogP contribution in [0.5, 0.6) is 5.75 Å². The number of aromatic nitrogens is 3. The summed E-state index contributed by atoms with van der Waals surface area (Å²) in [7, 11) is 0. The molecule has 2 aromatic carbocycles. The van der Waals surface area contributed by atoms with E-state index in [1.807, 2.05) is 24.3 Å². The summed E-state index contributed by atoms with van der Waals surface area (Å²) in [4.78, 5) is 22.7. The highest BCUT2D eigenvalue weighted by atomic mass is 16.6. The lowest BCUT2D eigenvalue weighted by Gasteiger charge is -2.11. The molecule has 0 saturated carbocycles. The van der Waals surface area contributed by atoms with Crippen LogP contribution >= 0.6 is 0 Å². The average molecular weight is 366 g/mol. The molecule has 0 radical (unpaired) electrons. The van der Waals surface area contributed by atoms with Gasteiger partial charge >= 0.3 is 0 Å². The van der Waals surface area contributed by atoms with Crippen molar-refractivity contribution in [2.75, 3.05) is 11.1 Å². The largest absolute Gasteiger partial charge is 0.486 e. The van der Waals surface area contributed by atoms with Gasteiger partial charge < -0.3 is 15.8 Å². The van der Waals surface area contributed by atoms with Crippen molar-refractivity contribution in [1.82, 2.24) is 15.0 Å². The standard InChI is InChI=1S/C18H18N6O3/c1-2-12-5-3-4-6-15(12)20-18-22-16(21-17(19)23-18)11-27-14-9-7-13(8-10-14)24(25)26/h3-10H,2,11H2,1H3,(H3,19,20,21,22,23). The van der Waals surface area contributed by atoms with Crippen molar-refractivity contribution in [3.63, 3.8) is 0 Å². The van der Waals surface area contributed by atoms with Gasteiger partial charge in [-0.2, -0.15) is 15.0 Å². The maximum atomic E-state index is 10.7. The van der Waals surface area contributed by atoms with Crippen molar-refractivity contribution in [2.24, 2.45) is 0 Å². The molecule has 1 aromatic heterocycles. The van der Waals surface area contributed by atoms with Crippen LogP contribution in [0.15, 0.2) is 48.5 Å². The molecule has 0 aliphatic rings. The van der Waals surface area contributed by atoms with Gasteiger partial charge in [0.15, 0.2) is 5.82 Å². The minimum absolute atomic E-state index is 0.00664. The van der Waals surface area contributed by atoms with Gasteiger partial charge in [-0.15, -0.1) is 0 Å². The van der Waals surface area contributed by atoms with Crippen molar-refractivity contribution in [2.45, 2.75) is 20.0 Å². The second-order valence-electron chi connectivity index (χ2n) is 5.61. The zero-order chi connectivity index (χ0) is 19.2. The number of nitro benzene ring substituents is 1. The van der Waals surface area contributed by atoms with Crippen LogP contribution in [0.1, 0.15) is 18.3 Å². The smallest absolute Gasteiger partial charge is 0.269 e. The number of nitrogens with zero attached hydrogens (tertiary/aromatic N) is 4. The van der Waals surface area contributed by atoms with E-state index in [0.717, 1.165) is 17.7 Å². The van der Waals surface area contributed by atoms with Gasteiger partial charge in [-0.25, -0.2) is 0 Å². The topological polar surface area (TPSA) is 129 Å². The zero-order valence-electron chi connectivity index (χ0n) is 14.6. The first kappa shape index (κ1) is 18.1. The molecular formula is C18H18N6O3. The normalized spacial score (nSPS) is 10.4. The maximum absolute atomic E-state index is 10.7. The first-order chi connectivity index (χ1) is 13.0. The lowest BCUT2D eigenvalue weighted by Crippen LogP contribution is -2.10. The molecule has 9 heteroatoms. The molecule has 27 heavy (non-hydrogen) atoms. The quantitative estimate of drug-likeness (QED) is 0.481. The summed E-state index contributed by atoms with van der Waals surface area (Å²) < 4.78 is 5.57. The van der Waals surface area contributed by atoms with Crippen molar-refractivity contribution >= 4 is 23.3 Å². The van der Waals surface area contributed by atoms with Crippen LogP contribution in [0.3, 0.4) is 0 Å². The maximum Gasteiger partial charge on any atom is 0.269 e. The van der Waals surface area contributed by atoms with Gasteiger partial charge in [-0.1, -0.05) is 25.1 Å². The first-order valence-electron chi connectivity index (χ1n) is 8.27. The molecule has 9 nitrogen and oxygen atoms in total. The van der Waals surface area contributed by atoms with Crippen LogP contribution in [-0.4, -0.2) is 19.9 Å². The number of nitrogen functional groups attached to an aromatic ring is 1. The predicted molar refractivity (Wildman–Crippen MR) is 101 cm³/mol. The Morgan fingerprint density at radius 2 is 1.85 bits per heavy atom. The van der Waals surface area contributed by atoms with Gasteiger partial charge in [-0.05, 0) is 30.2 Å². The molecule has 1 heterocycles. The Balaban J connectivity index is 1.72. The number of nitrogens with two attached hydrogens (primary N) is 1. The number of para-hydroxylation sites is 1. The minimum atomic E-state index is -0.470. The Labute approximate surface area is 155 Å². The summed E-state index contributed by atoms with van der Waals surface area (Å²) in [5.74, 6) is 1.21. The monoisotopic (exact) mass is 366 g/mol. The number of nitro groups is 1. The molecule has 0 aliphatic carbocycles. The summed E-state index contributed by atoms with van der Waals surface area (Å²) in [6, 6.07) is 13.6. The van der Waals surface area contributed by atoms with E-state index in [-0.39, 0.29) is 18.2 Å². The van der Waals surface area contributed by atoms with Gasteiger partial charge in [0.2, 0.25) is 11.9 Å². The molecule has 138 valence electrons. The van der Waals surface area contributed by atoms with E-state index >= 15 is 0 Å². The number of ether oxygens (including phenoxy) is 1. The molecule has 0 aliphatic heterocycles. The third-order valence-corrected chi connectivity index (χ3v) is 3.76.